The molecule has 1 spiro atoms. The second-order valence-electron chi connectivity index (χ2n) is 11.5. The molecule has 0 unspecified atom stereocenters. The molecule has 0 saturated carbocycles. The number of rotatable bonds is 3. The van der Waals surface area contributed by atoms with Gasteiger partial charge in [0, 0.05) is 67.0 Å². The molecule has 1 N–H and O–H groups in total. The molecule has 38 heavy (non-hydrogen) atoms. The van der Waals surface area contributed by atoms with E-state index >= 15 is 0 Å². The monoisotopic (exact) mass is 534 g/mol. The summed E-state index contributed by atoms with van der Waals surface area (Å²) in [4.78, 5) is 20.8. The third kappa shape index (κ3) is 4.40. The van der Waals surface area contributed by atoms with E-state index < -0.39 is 47.2 Å². The lowest BCUT2D eigenvalue weighted by atomic mass is 9.68. The Labute approximate surface area is 219 Å². The fourth-order valence-electron chi connectivity index (χ4n) is 6.22. The zero-order valence-electron chi connectivity index (χ0n) is 22.2. The number of nitrogens with zero attached hydrogens (tertiary/aromatic N) is 2. The van der Waals surface area contributed by atoms with Gasteiger partial charge < -0.3 is 19.3 Å². The van der Waals surface area contributed by atoms with Crippen molar-refractivity contribution in [3.05, 3.63) is 57.7 Å². The number of aliphatic hydroxyl groups is 1. The number of fused-ring (bicyclic) bond motifs is 4. The average molecular weight is 535 g/mol. The summed E-state index contributed by atoms with van der Waals surface area (Å²) in [5.41, 5.74) is 1.47. The van der Waals surface area contributed by atoms with Crippen molar-refractivity contribution in [2.24, 2.45) is 5.41 Å². The molecule has 1 fully saturated rings. The number of halogens is 3. The predicted octanol–water partition coefficient (Wildman–Crippen LogP) is 5.81. The highest BCUT2D eigenvalue weighted by Gasteiger charge is 2.54. The minimum atomic E-state index is -4.55. The number of carbonyl (C=O) groups excluding carboxylic acids is 1. The zero-order valence-corrected chi connectivity index (χ0v) is 22.2. The van der Waals surface area contributed by atoms with Crippen molar-refractivity contribution in [3.8, 4) is 0 Å². The molecule has 2 aromatic rings. The van der Waals surface area contributed by atoms with E-state index in [1.807, 2.05) is 27.7 Å². The summed E-state index contributed by atoms with van der Waals surface area (Å²) in [5, 5.41) is 11.5. The summed E-state index contributed by atoms with van der Waals surface area (Å²) >= 11 is 0. The first kappa shape index (κ1) is 27.0. The van der Waals surface area contributed by atoms with E-state index in [0.717, 1.165) is 17.2 Å². The van der Waals surface area contributed by atoms with Crippen LogP contribution in [0.3, 0.4) is 0 Å². The number of aliphatic hydroxyl groups excluding tert-OH is 1. The van der Waals surface area contributed by atoms with Crippen LogP contribution in [0.1, 0.15) is 117 Å². The Balaban J connectivity index is 1.78. The number of pyridine rings is 2. The van der Waals surface area contributed by atoms with Crippen molar-refractivity contribution in [2.45, 2.75) is 89.9 Å². The topological polar surface area (TPSA) is 90.8 Å². The van der Waals surface area contributed by atoms with Gasteiger partial charge in [-0.05, 0) is 24.0 Å². The van der Waals surface area contributed by atoms with Gasteiger partial charge in [-0.25, -0.2) is 0 Å². The Morgan fingerprint density at radius 1 is 1.18 bits per heavy atom. The molecule has 3 aliphatic rings. The average Bonchev–Trinajstić information content (AvgIpc) is 3.14. The lowest BCUT2D eigenvalue weighted by Gasteiger charge is -2.43. The molecule has 10 heteroatoms. The number of hydrogen-bond donors (Lipinski definition) is 1. The van der Waals surface area contributed by atoms with Crippen LogP contribution in [-0.4, -0.2) is 34.3 Å². The molecule has 2 aliphatic heterocycles. The third-order valence-corrected chi connectivity index (χ3v) is 7.91. The second kappa shape index (κ2) is 9.27. The summed E-state index contributed by atoms with van der Waals surface area (Å²) in [6.45, 7) is 10.1. The fraction of sp³-hybridized carbons (Fsp3) is 0.607. The number of carbonyl (C=O) groups is 1. The number of alkyl halides is 3. The van der Waals surface area contributed by atoms with Crippen molar-refractivity contribution in [2.75, 3.05) is 13.2 Å². The highest BCUT2D eigenvalue weighted by atomic mass is 19.4. The van der Waals surface area contributed by atoms with Gasteiger partial charge in [-0.1, -0.05) is 33.8 Å². The van der Waals surface area contributed by atoms with Crippen LogP contribution in [0.2, 0.25) is 0 Å². The highest BCUT2D eigenvalue weighted by Crippen LogP contribution is 2.59. The van der Waals surface area contributed by atoms with Crippen LogP contribution in [0, 0.1) is 5.41 Å². The first-order valence-electron chi connectivity index (χ1n) is 13.0. The molecular formula is C28H33F3N2O5. The Bertz CT molecular complexity index is 1240. The van der Waals surface area contributed by atoms with Gasteiger partial charge in [0.2, 0.25) is 0 Å². The summed E-state index contributed by atoms with van der Waals surface area (Å²) in [7, 11) is 0. The van der Waals surface area contributed by atoms with Gasteiger partial charge in [-0.2, -0.15) is 13.2 Å². The van der Waals surface area contributed by atoms with E-state index in [1.165, 1.54) is 19.2 Å². The van der Waals surface area contributed by atoms with E-state index in [2.05, 4.69) is 4.98 Å². The van der Waals surface area contributed by atoms with Crippen molar-refractivity contribution in [3.63, 3.8) is 0 Å². The predicted molar refractivity (Wildman–Crippen MR) is 130 cm³/mol. The van der Waals surface area contributed by atoms with Gasteiger partial charge >= 0.3 is 12.1 Å². The van der Waals surface area contributed by atoms with Gasteiger partial charge in [-0.3, -0.25) is 14.8 Å². The van der Waals surface area contributed by atoms with Crippen molar-refractivity contribution < 1.29 is 37.3 Å². The largest absolute Gasteiger partial charge is 0.455 e. The summed E-state index contributed by atoms with van der Waals surface area (Å²) < 4.78 is 57.9. The number of esters is 1. The molecular weight excluding hydrogens is 501 g/mol. The normalized spacial score (nSPS) is 25.8. The van der Waals surface area contributed by atoms with Crippen LogP contribution < -0.4 is 0 Å². The molecule has 0 amide bonds. The number of ether oxygens (including phenoxy) is 3. The van der Waals surface area contributed by atoms with Gasteiger partial charge in [0.05, 0.1) is 17.4 Å². The maximum Gasteiger partial charge on any atom is 0.433 e. The summed E-state index contributed by atoms with van der Waals surface area (Å²) in [6.07, 6.45) is -4.28. The van der Waals surface area contributed by atoms with Crippen LogP contribution in [-0.2, 0) is 30.8 Å². The van der Waals surface area contributed by atoms with Gasteiger partial charge in [-0.15, -0.1) is 0 Å². The Hall–Kier alpha value is -2.56. The van der Waals surface area contributed by atoms with E-state index in [1.54, 1.807) is 0 Å². The highest BCUT2D eigenvalue weighted by molar-refractivity contribution is 5.67. The molecule has 0 radical (unpaired) electrons. The number of aromatic nitrogens is 2. The summed E-state index contributed by atoms with van der Waals surface area (Å²) in [6, 6.07) is 2.36. The third-order valence-electron chi connectivity index (χ3n) is 7.91. The Morgan fingerprint density at radius 3 is 2.42 bits per heavy atom. The van der Waals surface area contributed by atoms with Crippen LogP contribution in [0.25, 0.3) is 0 Å². The fourth-order valence-corrected chi connectivity index (χ4v) is 6.22. The quantitative estimate of drug-likeness (QED) is 0.497. The van der Waals surface area contributed by atoms with Crippen molar-refractivity contribution in [1.29, 1.82) is 0 Å². The maximum atomic E-state index is 13.2. The van der Waals surface area contributed by atoms with Gasteiger partial charge in [0.15, 0.2) is 0 Å². The zero-order chi connectivity index (χ0) is 27.6. The minimum absolute atomic E-state index is 0.0855. The standard InChI is InChI=1S/C28H33F3N2O5/c1-14(2)22-20-21(19-17(35)12-26(4,5)25(23(19)33-22)37-15(3)34)27(8-10-36-11-9-27)38-24(20)16-6-7-18(32-13-16)28(29,30)31/h6-7,13-14,17,24-25,35H,8-12H2,1-5H3/t17-,24+,25+/m0/s1. The molecule has 1 saturated heterocycles. The molecule has 4 heterocycles. The van der Waals surface area contributed by atoms with E-state index in [-0.39, 0.29) is 5.92 Å². The first-order chi connectivity index (χ1) is 17.7. The molecule has 1 aliphatic carbocycles. The smallest absolute Gasteiger partial charge is 0.433 e. The molecule has 0 aromatic carbocycles. The molecule has 5 rings (SSSR count). The van der Waals surface area contributed by atoms with Crippen LogP contribution in [0.5, 0.6) is 0 Å². The van der Waals surface area contributed by atoms with Gasteiger partial charge in [0.1, 0.15) is 17.9 Å². The number of hydrogen-bond acceptors (Lipinski definition) is 7. The SMILES string of the molecule is CC(=O)O[C@@H]1c2nc(C(C)C)c3c(c2[C@@H](O)CC1(C)C)C1(CCOCC1)O[C@@H]3c1ccc(C(F)(F)F)nc1. The Morgan fingerprint density at radius 2 is 1.87 bits per heavy atom. The van der Waals surface area contributed by atoms with Crippen LogP contribution >= 0.6 is 0 Å². The molecule has 2 aromatic heterocycles. The minimum Gasteiger partial charge on any atom is -0.455 e. The van der Waals surface area contributed by atoms with Crippen molar-refractivity contribution >= 4 is 5.97 Å². The second-order valence-corrected chi connectivity index (χ2v) is 11.5. The molecule has 7 nitrogen and oxygen atoms in total. The lowest BCUT2D eigenvalue weighted by Crippen LogP contribution is -2.39. The molecule has 0 bridgehead atoms. The van der Waals surface area contributed by atoms with E-state index in [9.17, 15) is 23.1 Å². The Kier molecular flexibility index (Phi) is 6.60. The van der Waals surface area contributed by atoms with Gasteiger partial charge in [0.25, 0.3) is 0 Å². The van der Waals surface area contributed by atoms with Crippen molar-refractivity contribution in [1.82, 2.24) is 9.97 Å². The molecule has 3 atom stereocenters. The first-order valence-corrected chi connectivity index (χ1v) is 13.0. The van der Waals surface area contributed by atoms with Crippen LogP contribution in [0.4, 0.5) is 13.2 Å². The maximum absolute atomic E-state index is 13.2. The van der Waals surface area contributed by atoms with Crippen LogP contribution in [0.15, 0.2) is 18.3 Å². The van der Waals surface area contributed by atoms with E-state index in [4.69, 9.17) is 19.2 Å². The lowest BCUT2D eigenvalue weighted by molar-refractivity contribution is -0.157. The van der Waals surface area contributed by atoms with E-state index in [0.29, 0.717) is 55.0 Å². The summed E-state index contributed by atoms with van der Waals surface area (Å²) in [5.74, 6) is -0.526. The molecule has 206 valence electrons.